The first-order chi connectivity index (χ1) is 9.92. The largest absolute Gasteiger partial charge is 0.473 e. The highest BCUT2D eigenvalue weighted by Crippen LogP contribution is 2.28. The van der Waals surface area contributed by atoms with E-state index in [1.807, 2.05) is 20.8 Å². The molecule has 0 aromatic rings. The molecule has 6 nitrogen and oxygen atoms in total. The Morgan fingerprint density at radius 3 is 2.86 bits per heavy atom. The van der Waals surface area contributed by atoms with E-state index in [9.17, 15) is 4.79 Å². The molecule has 118 valence electrons. The van der Waals surface area contributed by atoms with E-state index in [2.05, 4.69) is 5.32 Å². The SMILES string of the molecule is CC(C)(C)OC(=O)N1CC2N=C(C3CCCNC3)OC2C1. The molecule has 3 heterocycles. The van der Waals surface area contributed by atoms with E-state index in [0.717, 1.165) is 25.4 Å². The van der Waals surface area contributed by atoms with Crippen LogP contribution in [0.1, 0.15) is 33.6 Å². The molecule has 0 aromatic heterocycles. The maximum absolute atomic E-state index is 12.1. The molecule has 3 rings (SSSR count). The summed E-state index contributed by atoms with van der Waals surface area (Å²) in [6, 6.07) is 0.0782. The Balaban J connectivity index is 1.57. The summed E-state index contributed by atoms with van der Waals surface area (Å²) in [6.07, 6.45) is 2.05. The maximum atomic E-state index is 12.1. The Morgan fingerprint density at radius 2 is 2.24 bits per heavy atom. The number of rotatable bonds is 1. The molecule has 0 spiro atoms. The third-order valence-electron chi connectivity index (χ3n) is 4.10. The van der Waals surface area contributed by atoms with Crippen LogP contribution in [-0.4, -0.2) is 60.8 Å². The number of fused-ring (bicyclic) bond motifs is 1. The normalized spacial score (nSPS) is 32.4. The van der Waals surface area contributed by atoms with Crippen LogP contribution >= 0.6 is 0 Å². The number of nitrogens with zero attached hydrogens (tertiary/aromatic N) is 2. The lowest BCUT2D eigenvalue weighted by Gasteiger charge is -2.25. The van der Waals surface area contributed by atoms with Crippen LogP contribution in [-0.2, 0) is 9.47 Å². The summed E-state index contributed by atoms with van der Waals surface area (Å²) in [7, 11) is 0. The molecule has 6 heteroatoms. The maximum Gasteiger partial charge on any atom is 0.410 e. The second kappa shape index (κ2) is 5.48. The molecule has 3 aliphatic heterocycles. The van der Waals surface area contributed by atoms with Gasteiger partial charge in [0.1, 0.15) is 17.7 Å². The molecule has 1 amide bonds. The quantitative estimate of drug-likeness (QED) is 0.794. The smallest absolute Gasteiger partial charge is 0.410 e. The second-order valence-corrected chi connectivity index (χ2v) is 7.12. The Hall–Kier alpha value is -1.30. The third-order valence-corrected chi connectivity index (χ3v) is 4.10. The standard InChI is InChI=1S/C15H25N3O3/c1-15(2,3)21-14(19)18-8-11-12(9-18)20-13(17-11)10-5-4-6-16-7-10/h10-12,16H,4-9H2,1-3H3. The Bertz CT molecular complexity index is 438. The molecular formula is C15H25N3O3. The monoisotopic (exact) mass is 295 g/mol. The number of amides is 1. The van der Waals surface area contributed by atoms with E-state index in [-0.39, 0.29) is 18.2 Å². The third kappa shape index (κ3) is 3.31. The summed E-state index contributed by atoms with van der Waals surface area (Å²) < 4.78 is 11.4. The van der Waals surface area contributed by atoms with Gasteiger partial charge in [0.05, 0.1) is 13.1 Å². The van der Waals surface area contributed by atoms with Gasteiger partial charge in [0.2, 0.25) is 0 Å². The number of ether oxygens (including phenoxy) is 2. The number of aliphatic imine (C=N–C) groups is 1. The van der Waals surface area contributed by atoms with Crippen LogP contribution in [0.3, 0.4) is 0 Å². The number of nitrogens with one attached hydrogen (secondary N) is 1. The first kappa shape index (κ1) is 14.6. The second-order valence-electron chi connectivity index (χ2n) is 7.12. The van der Waals surface area contributed by atoms with Gasteiger partial charge in [-0.25, -0.2) is 9.79 Å². The molecule has 3 atom stereocenters. The van der Waals surface area contributed by atoms with Gasteiger partial charge in [-0.15, -0.1) is 0 Å². The van der Waals surface area contributed by atoms with Gasteiger partial charge in [-0.2, -0.15) is 0 Å². The van der Waals surface area contributed by atoms with Gasteiger partial charge in [0, 0.05) is 12.5 Å². The minimum Gasteiger partial charge on any atom is -0.473 e. The Kier molecular flexibility index (Phi) is 3.82. The fourth-order valence-electron chi connectivity index (χ4n) is 3.09. The van der Waals surface area contributed by atoms with E-state index in [4.69, 9.17) is 14.5 Å². The van der Waals surface area contributed by atoms with Crippen molar-refractivity contribution in [1.29, 1.82) is 0 Å². The van der Waals surface area contributed by atoms with E-state index >= 15 is 0 Å². The summed E-state index contributed by atoms with van der Waals surface area (Å²) >= 11 is 0. The molecule has 0 aromatic carbocycles. The predicted octanol–water partition coefficient (Wildman–Crippen LogP) is 1.40. The highest BCUT2D eigenvalue weighted by atomic mass is 16.6. The molecule has 0 bridgehead atoms. The van der Waals surface area contributed by atoms with Crippen molar-refractivity contribution in [2.45, 2.75) is 51.4 Å². The number of carbonyl (C=O) groups is 1. The Labute approximate surface area is 125 Å². The van der Waals surface area contributed by atoms with Crippen LogP contribution in [0.25, 0.3) is 0 Å². The summed E-state index contributed by atoms with van der Waals surface area (Å²) in [5, 5.41) is 3.38. The summed E-state index contributed by atoms with van der Waals surface area (Å²) in [4.78, 5) is 18.5. The molecule has 2 fully saturated rings. The lowest BCUT2D eigenvalue weighted by molar-refractivity contribution is 0.0270. The van der Waals surface area contributed by atoms with Crippen LogP contribution < -0.4 is 5.32 Å². The van der Waals surface area contributed by atoms with Crippen LogP contribution in [0.5, 0.6) is 0 Å². The van der Waals surface area contributed by atoms with Crippen molar-refractivity contribution in [3.8, 4) is 0 Å². The highest BCUT2D eigenvalue weighted by Gasteiger charge is 2.44. The van der Waals surface area contributed by atoms with Gasteiger partial charge < -0.3 is 19.7 Å². The van der Waals surface area contributed by atoms with Crippen LogP contribution in [0.2, 0.25) is 0 Å². The Morgan fingerprint density at radius 1 is 1.43 bits per heavy atom. The first-order valence-electron chi connectivity index (χ1n) is 7.85. The lowest BCUT2D eigenvalue weighted by atomic mass is 10.00. The van der Waals surface area contributed by atoms with E-state index in [1.54, 1.807) is 4.90 Å². The molecule has 0 saturated carbocycles. The predicted molar refractivity (Wildman–Crippen MR) is 79.5 cm³/mol. The van der Waals surface area contributed by atoms with Crippen LogP contribution in [0.15, 0.2) is 4.99 Å². The average Bonchev–Trinajstić information content (AvgIpc) is 2.95. The number of piperidine rings is 1. The minimum absolute atomic E-state index is 0.00875. The molecule has 2 saturated heterocycles. The fraction of sp³-hybridized carbons (Fsp3) is 0.867. The number of carbonyl (C=O) groups excluding carboxylic acids is 1. The topological polar surface area (TPSA) is 63.2 Å². The highest BCUT2D eigenvalue weighted by molar-refractivity contribution is 5.81. The van der Waals surface area contributed by atoms with Gasteiger partial charge in [0.25, 0.3) is 0 Å². The van der Waals surface area contributed by atoms with E-state index in [1.165, 1.54) is 6.42 Å². The number of likely N-dealkylation sites (tertiary alicyclic amines) is 1. The van der Waals surface area contributed by atoms with Crippen LogP contribution in [0.4, 0.5) is 4.79 Å². The van der Waals surface area contributed by atoms with Gasteiger partial charge in [-0.05, 0) is 40.2 Å². The molecule has 0 aliphatic carbocycles. The molecule has 3 unspecified atom stereocenters. The van der Waals surface area contributed by atoms with Crippen molar-refractivity contribution in [2.24, 2.45) is 10.9 Å². The van der Waals surface area contributed by atoms with Gasteiger partial charge >= 0.3 is 6.09 Å². The zero-order valence-electron chi connectivity index (χ0n) is 13.1. The van der Waals surface area contributed by atoms with Gasteiger partial charge in [0.15, 0.2) is 5.90 Å². The van der Waals surface area contributed by atoms with Crippen LogP contribution in [0, 0.1) is 5.92 Å². The number of hydrogen-bond acceptors (Lipinski definition) is 5. The van der Waals surface area contributed by atoms with E-state index in [0.29, 0.717) is 19.0 Å². The van der Waals surface area contributed by atoms with Crippen molar-refractivity contribution < 1.29 is 14.3 Å². The van der Waals surface area contributed by atoms with Gasteiger partial charge in [-0.3, -0.25) is 0 Å². The molecule has 3 aliphatic rings. The number of hydrogen-bond donors (Lipinski definition) is 1. The summed E-state index contributed by atoms with van der Waals surface area (Å²) in [5.41, 5.74) is -0.460. The van der Waals surface area contributed by atoms with E-state index < -0.39 is 5.60 Å². The first-order valence-corrected chi connectivity index (χ1v) is 7.85. The zero-order valence-corrected chi connectivity index (χ0v) is 13.1. The molecular weight excluding hydrogens is 270 g/mol. The van der Waals surface area contributed by atoms with Crippen molar-refractivity contribution in [2.75, 3.05) is 26.2 Å². The van der Waals surface area contributed by atoms with Crippen molar-refractivity contribution in [1.82, 2.24) is 10.2 Å². The zero-order chi connectivity index (χ0) is 15.0. The molecule has 21 heavy (non-hydrogen) atoms. The fourth-order valence-corrected chi connectivity index (χ4v) is 3.09. The summed E-state index contributed by atoms with van der Waals surface area (Å²) in [5.74, 6) is 1.29. The molecule has 0 radical (unpaired) electrons. The van der Waals surface area contributed by atoms with Crippen molar-refractivity contribution in [3.05, 3.63) is 0 Å². The summed E-state index contributed by atoms with van der Waals surface area (Å²) in [6.45, 7) is 8.85. The molecule has 1 N–H and O–H groups in total. The minimum atomic E-state index is -0.460. The lowest BCUT2D eigenvalue weighted by Crippen LogP contribution is -2.38. The van der Waals surface area contributed by atoms with Gasteiger partial charge in [-0.1, -0.05) is 0 Å². The average molecular weight is 295 g/mol. The van der Waals surface area contributed by atoms with Crippen molar-refractivity contribution in [3.63, 3.8) is 0 Å². The van der Waals surface area contributed by atoms with Crippen molar-refractivity contribution >= 4 is 12.0 Å².